The molecule has 0 atom stereocenters. The van der Waals surface area contributed by atoms with Crippen LogP contribution in [0, 0.1) is 12.8 Å². The van der Waals surface area contributed by atoms with Gasteiger partial charge in [-0.1, -0.05) is 55.8 Å². The third kappa shape index (κ3) is 5.05. The molecule has 0 bridgehead atoms. The lowest BCUT2D eigenvalue weighted by Crippen LogP contribution is -2.32. The molecule has 5 nitrogen and oxygen atoms in total. The average Bonchev–Trinajstić information content (AvgIpc) is 3.08. The lowest BCUT2D eigenvalue weighted by molar-refractivity contribution is -0.118. The molecular formula is C26H31ClN4O. The number of likely N-dealkylation sites (tertiary alicyclic amines) is 1. The highest BCUT2D eigenvalue weighted by Crippen LogP contribution is 2.32. The second-order valence-electron chi connectivity index (χ2n) is 8.92. The van der Waals surface area contributed by atoms with E-state index in [1.54, 1.807) is 0 Å². The van der Waals surface area contributed by atoms with E-state index in [9.17, 15) is 4.79 Å². The largest absolute Gasteiger partial charge is 0.326 e. The van der Waals surface area contributed by atoms with Crippen LogP contribution in [-0.2, 0) is 11.3 Å². The first-order valence-electron chi connectivity index (χ1n) is 11.3. The van der Waals surface area contributed by atoms with Crippen molar-refractivity contribution in [3.05, 3.63) is 76.6 Å². The Labute approximate surface area is 195 Å². The molecule has 32 heavy (non-hydrogen) atoms. The molecule has 0 aliphatic carbocycles. The van der Waals surface area contributed by atoms with E-state index in [2.05, 4.69) is 27.4 Å². The lowest BCUT2D eigenvalue weighted by atomic mass is 9.89. The van der Waals surface area contributed by atoms with Crippen LogP contribution in [0.4, 0.5) is 5.69 Å². The van der Waals surface area contributed by atoms with Gasteiger partial charge in [0.1, 0.15) is 5.15 Å². The van der Waals surface area contributed by atoms with Crippen LogP contribution in [0.5, 0.6) is 0 Å². The van der Waals surface area contributed by atoms with Crippen LogP contribution in [0.15, 0.2) is 54.6 Å². The number of halogens is 1. The number of piperidine rings is 1. The van der Waals surface area contributed by atoms with E-state index < -0.39 is 0 Å². The minimum Gasteiger partial charge on any atom is -0.326 e. The topological polar surface area (TPSA) is 50.2 Å². The molecule has 1 amide bonds. The van der Waals surface area contributed by atoms with Crippen molar-refractivity contribution in [1.29, 1.82) is 0 Å². The zero-order chi connectivity index (χ0) is 22.7. The van der Waals surface area contributed by atoms with Crippen molar-refractivity contribution in [2.75, 3.05) is 18.4 Å². The van der Waals surface area contributed by atoms with Gasteiger partial charge in [-0.2, -0.15) is 5.10 Å². The van der Waals surface area contributed by atoms with Gasteiger partial charge in [0.05, 0.1) is 11.4 Å². The summed E-state index contributed by atoms with van der Waals surface area (Å²) in [4.78, 5) is 14.5. The first kappa shape index (κ1) is 22.6. The summed E-state index contributed by atoms with van der Waals surface area (Å²) >= 11 is 6.73. The number of anilines is 1. The van der Waals surface area contributed by atoms with Crippen LogP contribution in [-0.4, -0.2) is 33.7 Å². The van der Waals surface area contributed by atoms with Gasteiger partial charge in [-0.15, -0.1) is 0 Å². The van der Waals surface area contributed by atoms with E-state index in [1.165, 1.54) is 5.56 Å². The van der Waals surface area contributed by atoms with Crippen molar-refractivity contribution in [2.45, 2.75) is 46.1 Å². The quantitative estimate of drug-likeness (QED) is 0.515. The summed E-state index contributed by atoms with van der Waals surface area (Å²) in [5.74, 6) is 0.537. The molecule has 2 heterocycles. The van der Waals surface area contributed by atoms with E-state index in [0.717, 1.165) is 55.1 Å². The standard InChI is InChI=1S/C26H31ClN4O/c1-18(2)26(32)28-22-9-7-8-21(16-22)20-12-14-30(15-13-20)17-24-19(3)29-31(25(24)27)23-10-5-4-6-11-23/h4-11,16,18,20H,12-15,17H2,1-3H3,(H,28,32). The molecule has 6 heteroatoms. The normalized spacial score (nSPS) is 15.3. The Balaban J connectivity index is 1.39. The van der Waals surface area contributed by atoms with E-state index in [4.69, 9.17) is 11.6 Å². The minimum absolute atomic E-state index is 0.0246. The third-order valence-electron chi connectivity index (χ3n) is 6.24. The first-order chi connectivity index (χ1) is 15.4. The highest BCUT2D eigenvalue weighted by Gasteiger charge is 2.24. The van der Waals surface area contributed by atoms with Gasteiger partial charge in [-0.25, -0.2) is 4.68 Å². The van der Waals surface area contributed by atoms with Crippen LogP contribution >= 0.6 is 11.6 Å². The van der Waals surface area contributed by atoms with Crippen LogP contribution in [0.2, 0.25) is 5.15 Å². The van der Waals surface area contributed by atoms with Crippen LogP contribution in [0.25, 0.3) is 5.69 Å². The van der Waals surface area contributed by atoms with Crippen molar-refractivity contribution in [2.24, 2.45) is 5.92 Å². The minimum atomic E-state index is -0.0246. The van der Waals surface area contributed by atoms with E-state index in [1.807, 2.05) is 67.9 Å². The van der Waals surface area contributed by atoms with E-state index in [0.29, 0.717) is 11.1 Å². The molecule has 2 aromatic carbocycles. The predicted octanol–water partition coefficient (Wildman–Crippen LogP) is 5.81. The number of aromatic nitrogens is 2. The Morgan fingerprint density at radius 1 is 1.12 bits per heavy atom. The van der Waals surface area contributed by atoms with Crippen molar-refractivity contribution in [1.82, 2.24) is 14.7 Å². The molecule has 1 N–H and O–H groups in total. The molecule has 168 valence electrons. The summed E-state index contributed by atoms with van der Waals surface area (Å²) in [5, 5.41) is 8.39. The number of hydrogen-bond acceptors (Lipinski definition) is 3. The fraction of sp³-hybridized carbons (Fsp3) is 0.385. The molecule has 1 aromatic heterocycles. The van der Waals surface area contributed by atoms with E-state index >= 15 is 0 Å². The number of aryl methyl sites for hydroxylation is 1. The van der Waals surface area contributed by atoms with Gasteiger partial charge < -0.3 is 5.32 Å². The van der Waals surface area contributed by atoms with Gasteiger partial charge in [0.2, 0.25) is 5.91 Å². The lowest BCUT2D eigenvalue weighted by Gasteiger charge is -2.32. The van der Waals surface area contributed by atoms with Gasteiger partial charge in [-0.3, -0.25) is 9.69 Å². The number of carbonyl (C=O) groups excluding carboxylic acids is 1. The average molecular weight is 451 g/mol. The monoisotopic (exact) mass is 450 g/mol. The molecule has 3 aromatic rings. The van der Waals surface area contributed by atoms with Gasteiger partial charge in [-0.05, 0) is 68.6 Å². The Hall–Kier alpha value is -2.63. The number of amides is 1. The number of benzene rings is 2. The molecule has 0 saturated carbocycles. The molecule has 0 spiro atoms. The summed E-state index contributed by atoms with van der Waals surface area (Å²) in [6.07, 6.45) is 2.18. The van der Waals surface area contributed by atoms with E-state index in [-0.39, 0.29) is 11.8 Å². The number of rotatable bonds is 6. The number of nitrogens with one attached hydrogen (secondary N) is 1. The maximum atomic E-state index is 12.0. The van der Waals surface area contributed by atoms with Crippen LogP contribution in [0.1, 0.15) is 49.4 Å². The summed E-state index contributed by atoms with van der Waals surface area (Å²) in [6, 6.07) is 18.3. The first-order valence-corrected chi connectivity index (χ1v) is 11.7. The zero-order valence-electron chi connectivity index (χ0n) is 19.0. The Morgan fingerprint density at radius 2 is 1.84 bits per heavy atom. The zero-order valence-corrected chi connectivity index (χ0v) is 19.8. The molecule has 1 fully saturated rings. The number of hydrogen-bond donors (Lipinski definition) is 1. The summed E-state index contributed by atoms with van der Waals surface area (Å²) in [6.45, 7) is 8.69. The molecule has 1 aliphatic heterocycles. The molecule has 0 radical (unpaired) electrons. The predicted molar refractivity (Wildman–Crippen MR) is 130 cm³/mol. The Bertz CT molecular complexity index is 1070. The highest BCUT2D eigenvalue weighted by molar-refractivity contribution is 6.30. The van der Waals surface area contributed by atoms with Crippen molar-refractivity contribution < 1.29 is 4.79 Å². The van der Waals surface area contributed by atoms with Crippen LogP contribution in [0.3, 0.4) is 0 Å². The highest BCUT2D eigenvalue weighted by atomic mass is 35.5. The fourth-order valence-corrected chi connectivity index (χ4v) is 4.59. The van der Waals surface area contributed by atoms with Crippen molar-refractivity contribution in [3.63, 3.8) is 0 Å². The summed E-state index contributed by atoms with van der Waals surface area (Å²) in [5.41, 5.74) is 5.26. The van der Waals surface area contributed by atoms with Gasteiger partial charge >= 0.3 is 0 Å². The summed E-state index contributed by atoms with van der Waals surface area (Å²) < 4.78 is 1.83. The number of carbonyl (C=O) groups is 1. The van der Waals surface area contributed by atoms with Crippen LogP contribution < -0.4 is 5.32 Å². The Kier molecular flexibility index (Phi) is 6.97. The molecule has 1 saturated heterocycles. The smallest absolute Gasteiger partial charge is 0.226 e. The van der Waals surface area contributed by atoms with Crippen molar-refractivity contribution >= 4 is 23.2 Å². The molecular weight excluding hydrogens is 420 g/mol. The maximum Gasteiger partial charge on any atom is 0.226 e. The molecule has 1 aliphatic rings. The maximum absolute atomic E-state index is 12.0. The number of para-hydroxylation sites is 1. The van der Waals surface area contributed by atoms with Gasteiger partial charge in [0.25, 0.3) is 0 Å². The third-order valence-corrected chi connectivity index (χ3v) is 6.63. The fourth-order valence-electron chi connectivity index (χ4n) is 4.26. The van der Waals surface area contributed by atoms with Gasteiger partial charge in [0.15, 0.2) is 0 Å². The second kappa shape index (κ2) is 9.88. The molecule has 4 rings (SSSR count). The van der Waals surface area contributed by atoms with Crippen molar-refractivity contribution in [3.8, 4) is 5.69 Å². The second-order valence-corrected chi connectivity index (χ2v) is 9.28. The van der Waals surface area contributed by atoms with Gasteiger partial charge in [0, 0.05) is 23.7 Å². The SMILES string of the molecule is Cc1nn(-c2ccccc2)c(Cl)c1CN1CCC(c2cccc(NC(=O)C(C)C)c2)CC1. The summed E-state index contributed by atoms with van der Waals surface area (Å²) in [7, 11) is 0. The molecule has 0 unspecified atom stereocenters. The number of nitrogens with zero attached hydrogens (tertiary/aromatic N) is 3. The Morgan fingerprint density at radius 3 is 2.53 bits per heavy atom.